The first kappa shape index (κ1) is 29.6. The lowest BCUT2D eigenvalue weighted by atomic mass is 9.84. The molecule has 0 amide bonds. The number of carbonyl (C=O) groups is 3. The standard InChI is InChI=1S/C29H34FN3O6S/c1-31-24-14-21(30)13-23-22(24)15-26(35)28(29(23)37)25(34)12-18-7-8-19(27(36)17-40(38,39)32(2)3)11-20(18)16-33-9-5-4-6-10-33/h7-8,11,13-14,31,37H,4-6,9-10,12,15-17H2,1-3H3. The maximum Gasteiger partial charge on any atom is 0.221 e. The number of hydrogen-bond donors (Lipinski definition) is 2. The average molecular weight is 572 g/mol. The van der Waals surface area contributed by atoms with Crippen LogP contribution in [-0.4, -0.2) is 80.1 Å². The molecule has 1 aliphatic carbocycles. The minimum atomic E-state index is -3.76. The van der Waals surface area contributed by atoms with E-state index in [4.69, 9.17) is 0 Å². The van der Waals surface area contributed by atoms with Crippen molar-refractivity contribution < 1.29 is 32.3 Å². The number of nitrogens with zero attached hydrogens (tertiary/aromatic N) is 2. The smallest absolute Gasteiger partial charge is 0.221 e. The number of sulfonamides is 1. The number of benzene rings is 2. The third-order valence-electron chi connectivity index (χ3n) is 7.46. The molecule has 0 aromatic heterocycles. The van der Waals surface area contributed by atoms with Crippen LogP contribution in [0.15, 0.2) is 35.9 Å². The molecule has 0 atom stereocenters. The second-order valence-electron chi connectivity index (χ2n) is 10.4. The number of piperidine rings is 1. The zero-order chi connectivity index (χ0) is 29.2. The van der Waals surface area contributed by atoms with E-state index in [0.717, 1.165) is 42.7 Å². The summed E-state index contributed by atoms with van der Waals surface area (Å²) in [5.74, 6) is -3.58. The molecule has 11 heteroatoms. The second-order valence-corrected chi connectivity index (χ2v) is 12.6. The van der Waals surface area contributed by atoms with Gasteiger partial charge in [0.2, 0.25) is 10.0 Å². The number of likely N-dealkylation sites (tertiary alicyclic amines) is 1. The van der Waals surface area contributed by atoms with Crippen LogP contribution in [0.3, 0.4) is 0 Å². The van der Waals surface area contributed by atoms with Crippen molar-refractivity contribution in [3.8, 4) is 0 Å². The monoisotopic (exact) mass is 571 g/mol. The first-order valence-corrected chi connectivity index (χ1v) is 14.8. The third-order valence-corrected chi connectivity index (χ3v) is 9.20. The SMILES string of the molecule is CNc1cc(F)cc2c1CC(=O)C(C(=O)Cc1ccc(C(=O)CS(=O)(=O)N(C)C)cc1CN1CCCCC1)=C2O. The number of Topliss-reactive ketones (excluding diaryl/α,β-unsaturated/α-hetero) is 3. The van der Waals surface area contributed by atoms with E-state index in [9.17, 15) is 32.3 Å². The largest absolute Gasteiger partial charge is 0.506 e. The van der Waals surface area contributed by atoms with Crippen LogP contribution >= 0.6 is 0 Å². The summed E-state index contributed by atoms with van der Waals surface area (Å²) in [7, 11) is 0.548. The number of nitrogens with one attached hydrogen (secondary N) is 1. The summed E-state index contributed by atoms with van der Waals surface area (Å²) in [5, 5.41) is 13.7. The highest BCUT2D eigenvalue weighted by Crippen LogP contribution is 2.34. The Morgan fingerprint density at radius 3 is 2.40 bits per heavy atom. The quantitative estimate of drug-likeness (QED) is 0.329. The molecule has 0 unspecified atom stereocenters. The molecule has 1 heterocycles. The van der Waals surface area contributed by atoms with Gasteiger partial charge in [-0.05, 0) is 60.8 Å². The summed E-state index contributed by atoms with van der Waals surface area (Å²) < 4.78 is 39.8. The van der Waals surface area contributed by atoms with Crippen LogP contribution in [0.2, 0.25) is 0 Å². The minimum absolute atomic E-state index is 0.101. The van der Waals surface area contributed by atoms with E-state index in [2.05, 4.69) is 10.2 Å². The molecule has 214 valence electrons. The Bertz CT molecular complexity index is 1490. The number of hydrogen-bond acceptors (Lipinski definition) is 8. The van der Waals surface area contributed by atoms with Gasteiger partial charge in [-0.2, -0.15) is 0 Å². The lowest BCUT2D eigenvalue weighted by molar-refractivity contribution is -0.121. The number of allylic oxidation sites excluding steroid dienone is 1. The van der Waals surface area contributed by atoms with Gasteiger partial charge in [-0.25, -0.2) is 17.1 Å². The summed E-state index contributed by atoms with van der Waals surface area (Å²) in [6.07, 6.45) is 2.78. The molecular formula is C29H34FN3O6S. The van der Waals surface area contributed by atoms with E-state index >= 15 is 0 Å². The van der Waals surface area contributed by atoms with Gasteiger partial charge in [-0.15, -0.1) is 0 Å². The number of rotatable bonds is 10. The Morgan fingerprint density at radius 2 is 1.75 bits per heavy atom. The summed E-state index contributed by atoms with van der Waals surface area (Å²) in [4.78, 5) is 41.5. The molecule has 9 nitrogen and oxygen atoms in total. The number of aliphatic hydroxyl groups excluding tert-OH is 1. The van der Waals surface area contributed by atoms with Crippen molar-refractivity contribution >= 4 is 38.8 Å². The molecule has 0 spiro atoms. The van der Waals surface area contributed by atoms with E-state index < -0.39 is 44.7 Å². The van der Waals surface area contributed by atoms with E-state index in [1.54, 1.807) is 19.2 Å². The summed E-state index contributed by atoms with van der Waals surface area (Å²) >= 11 is 0. The van der Waals surface area contributed by atoms with Crippen LogP contribution < -0.4 is 5.32 Å². The molecule has 1 fully saturated rings. The van der Waals surface area contributed by atoms with Crippen LogP contribution in [-0.2, 0) is 39.0 Å². The lowest BCUT2D eigenvalue weighted by Gasteiger charge is -2.27. The predicted molar refractivity (Wildman–Crippen MR) is 150 cm³/mol. The van der Waals surface area contributed by atoms with Crippen LogP contribution in [0.1, 0.15) is 51.9 Å². The van der Waals surface area contributed by atoms with Crippen LogP contribution in [0.4, 0.5) is 10.1 Å². The highest BCUT2D eigenvalue weighted by atomic mass is 32.2. The van der Waals surface area contributed by atoms with Crippen LogP contribution in [0.25, 0.3) is 5.76 Å². The van der Waals surface area contributed by atoms with Crippen LogP contribution in [0, 0.1) is 5.82 Å². The van der Waals surface area contributed by atoms with Crippen LogP contribution in [0.5, 0.6) is 0 Å². The highest BCUT2D eigenvalue weighted by Gasteiger charge is 2.32. The summed E-state index contributed by atoms with van der Waals surface area (Å²) in [6.45, 7) is 2.14. The van der Waals surface area contributed by atoms with Crippen molar-refractivity contribution in [1.29, 1.82) is 0 Å². The third kappa shape index (κ3) is 6.32. The predicted octanol–water partition coefficient (Wildman–Crippen LogP) is 3.13. The van der Waals surface area contributed by atoms with Gasteiger partial charge in [0, 0.05) is 57.3 Å². The molecule has 1 aliphatic heterocycles. The topological polar surface area (TPSA) is 124 Å². The fourth-order valence-corrected chi connectivity index (χ4v) is 5.94. The molecule has 40 heavy (non-hydrogen) atoms. The van der Waals surface area contributed by atoms with Crippen molar-refractivity contribution in [2.75, 3.05) is 45.3 Å². The molecule has 0 saturated carbocycles. The van der Waals surface area contributed by atoms with Gasteiger partial charge in [-0.1, -0.05) is 18.6 Å². The number of fused-ring (bicyclic) bond motifs is 1. The molecule has 2 N–H and O–H groups in total. The van der Waals surface area contributed by atoms with Crippen molar-refractivity contribution in [3.05, 3.63) is 69.5 Å². The van der Waals surface area contributed by atoms with Gasteiger partial charge in [0.05, 0.1) is 0 Å². The maximum atomic E-state index is 14.2. The Kier molecular flexibility index (Phi) is 8.86. The fraction of sp³-hybridized carbons (Fsp3) is 0.414. The number of halogens is 1. The Balaban J connectivity index is 1.68. The Hall–Kier alpha value is -3.41. The number of aliphatic hydroxyl groups is 1. The molecule has 2 aromatic carbocycles. The summed E-state index contributed by atoms with van der Waals surface area (Å²) in [5.41, 5.74) is 1.97. The van der Waals surface area contributed by atoms with E-state index in [1.165, 1.54) is 26.2 Å². The van der Waals surface area contributed by atoms with Gasteiger partial charge in [0.25, 0.3) is 0 Å². The normalized spacial score (nSPS) is 16.3. The van der Waals surface area contributed by atoms with Gasteiger partial charge < -0.3 is 10.4 Å². The maximum absolute atomic E-state index is 14.2. The summed E-state index contributed by atoms with van der Waals surface area (Å²) in [6, 6.07) is 7.04. The average Bonchev–Trinajstić information content (AvgIpc) is 2.90. The number of ketones is 3. The zero-order valence-corrected chi connectivity index (χ0v) is 23.7. The van der Waals surface area contributed by atoms with Gasteiger partial charge in [0.15, 0.2) is 17.3 Å². The number of anilines is 1. The van der Waals surface area contributed by atoms with E-state index in [0.29, 0.717) is 28.9 Å². The molecule has 2 aromatic rings. The van der Waals surface area contributed by atoms with Crippen molar-refractivity contribution in [2.45, 2.75) is 38.6 Å². The first-order valence-electron chi connectivity index (χ1n) is 13.2. The molecule has 0 radical (unpaired) electrons. The fourth-order valence-electron chi connectivity index (χ4n) is 5.18. The van der Waals surface area contributed by atoms with Crippen molar-refractivity contribution in [3.63, 3.8) is 0 Å². The number of carbonyl (C=O) groups excluding carboxylic acids is 3. The molecule has 1 saturated heterocycles. The molecule has 4 rings (SSSR count). The Morgan fingerprint density at radius 1 is 1.05 bits per heavy atom. The molecular weight excluding hydrogens is 537 g/mol. The van der Waals surface area contributed by atoms with Crippen molar-refractivity contribution in [1.82, 2.24) is 9.21 Å². The highest BCUT2D eigenvalue weighted by molar-refractivity contribution is 7.89. The molecule has 2 aliphatic rings. The second kappa shape index (κ2) is 12.0. The van der Waals surface area contributed by atoms with Gasteiger partial charge >= 0.3 is 0 Å². The Labute approximate surface area is 233 Å². The minimum Gasteiger partial charge on any atom is -0.506 e. The lowest BCUT2D eigenvalue weighted by Crippen LogP contribution is -2.31. The zero-order valence-electron chi connectivity index (χ0n) is 22.9. The van der Waals surface area contributed by atoms with Gasteiger partial charge in [-0.3, -0.25) is 19.3 Å². The molecule has 0 bridgehead atoms. The first-order chi connectivity index (χ1) is 18.9. The van der Waals surface area contributed by atoms with Crippen molar-refractivity contribution in [2.24, 2.45) is 0 Å². The van der Waals surface area contributed by atoms with Gasteiger partial charge in [0.1, 0.15) is 22.9 Å². The van der Waals surface area contributed by atoms with E-state index in [1.807, 2.05) is 0 Å². The van der Waals surface area contributed by atoms with E-state index in [-0.39, 0.29) is 29.5 Å².